The molecule has 1 saturated carbocycles. The van der Waals surface area contributed by atoms with E-state index in [1.165, 1.54) is 32.1 Å². The zero-order valence-corrected chi connectivity index (χ0v) is 13.9. The highest BCUT2D eigenvalue weighted by Crippen LogP contribution is 2.43. The van der Waals surface area contributed by atoms with E-state index in [2.05, 4.69) is 42.5 Å². The first-order chi connectivity index (χ1) is 10.1. The second-order valence-corrected chi connectivity index (χ2v) is 7.05. The minimum atomic E-state index is 0.501. The van der Waals surface area contributed by atoms with Crippen molar-refractivity contribution in [2.45, 2.75) is 59.3 Å². The molecule has 2 rings (SSSR count). The molecule has 0 unspecified atom stereocenters. The third-order valence-electron chi connectivity index (χ3n) is 4.49. The molecule has 0 aromatic carbocycles. The highest BCUT2D eigenvalue weighted by atomic mass is 14.9. The van der Waals surface area contributed by atoms with E-state index in [1.54, 1.807) is 0 Å². The van der Waals surface area contributed by atoms with Crippen LogP contribution in [0.3, 0.4) is 0 Å². The van der Waals surface area contributed by atoms with Crippen molar-refractivity contribution in [3.63, 3.8) is 0 Å². The Hall–Kier alpha value is -1.25. The van der Waals surface area contributed by atoms with Crippen LogP contribution in [0.2, 0.25) is 0 Å². The molecule has 0 atom stereocenters. The molecule has 1 aromatic heterocycles. The summed E-state index contributed by atoms with van der Waals surface area (Å²) in [6.07, 6.45) is 11.8. The summed E-state index contributed by atoms with van der Waals surface area (Å²) in [7, 11) is 0. The van der Waals surface area contributed by atoms with Crippen molar-refractivity contribution in [1.29, 1.82) is 0 Å². The summed E-state index contributed by atoms with van der Waals surface area (Å²) in [5.74, 6) is 0.778. The van der Waals surface area contributed by atoms with Crippen LogP contribution < -0.4 is 10.6 Å². The fraction of sp³-hybridized carbons (Fsp3) is 0.722. The van der Waals surface area contributed by atoms with E-state index in [4.69, 9.17) is 0 Å². The molecular weight excluding hydrogens is 258 g/mol. The highest BCUT2D eigenvalue weighted by molar-refractivity contribution is 5.54. The summed E-state index contributed by atoms with van der Waals surface area (Å²) in [5, 5.41) is 7.05. The van der Waals surface area contributed by atoms with Gasteiger partial charge in [0.15, 0.2) is 0 Å². The Labute approximate surface area is 129 Å². The normalized spacial score (nSPS) is 17.1. The van der Waals surface area contributed by atoms with Gasteiger partial charge in [-0.3, -0.25) is 4.98 Å². The monoisotopic (exact) mass is 289 g/mol. The number of hydrogen-bond donors (Lipinski definition) is 2. The zero-order valence-electron chi connectivity index (χ0n) is 13.9. The maximum Gasteiger partial charge on any atom is 0.0547 e. The lowest BCUT2D eigenvalue weighted by molar-refractivity contribution is 0.252. The second kappa shape index (κ2) is 7.67. The molecule has 118 valence electrons. The number of aromatic nitrogens is 1. The van der Waals surface area contributed by atoms with E-state index < -0.39 is 0 Å². The average Bonchev–Trinajstić information content (AvgIpc) is 2.91. The van der Waals surface area contributed by atoms with Gasteiger partial charge in [0.2, 0.25) is 0 Å². The van der Waals surface area contributed by atoms with E-state index in [0.717, 1.165) is 36.8 Å². The second-order valence-electron chi connectivity index (χ2n) is 7.05. The van der Waals surface area contributed by atoms with Gasteiger partial charge in [-0.15, -0.1) is 0 Å². The van der Waals surface area contributed by atoms with Crippen molar-refractivity contribution < 1.29 is 0 Å². The molecular formula is C18H31N3. The molecule has 1 fully saturated rings. The Morgan fingerprint density at radius 1 is 1.14 bits per heavy atom. The van der Waals surface area contributed by atoms with Crippen LogP contribution in [0.15, 0.2) is 18.5 Å². The molecule has 3 nitrogen and oxygen atoms in total. The Balaban J connectivity index is 1.94. The fourth-order valence-corrected chi connectivity index (χ4v) is 3.64. The summed E-state index contributed by atoms with van der Waals surface area (Å²) in [6.45, 7) is 8.96. The van der Waals surface area contributed by atoms with E-state index in [1.807, 2.05) is 12.4 Å². The lowest BCUT2D eigenvalue weighted by atomic mass is 9.78. The molecule has 0 radical (unpaired) electrons. The summed E-state index contributed by atoms with van der Waals surface area (Å²) < 4.78 is 0. The number of rotatable bonds is 8. The average molecular weight is 289 g/mol. The van der Waals surface area contributed by atoms with Crippen LogP contribution in [-0.4, -0.2) is 18.1 Å². The van der Waals surface area contributed by atoms with Crippen LogP contribution in [-0.2, 0) is 0 Å². The Bertz CT molecular complexity index is 422. The van der Waals surface area contributed by atoms with Crippen LogP contribution in [0, 0.1) is 11.3 Å². The number of nitrogens with one attached hydrogen (secondary N) is 2. The molecule has 3 heteroatoms. The lowest BCUT2D eigenvalue weighted by Crippen LogP contribution is -2.28. The number of hydrogen-bond acceptors (Lipinski definition) is 3. The minimum Gasteiger partial charge on any atom is -0.384 e. The van der Waals surface area contributed by atoms with E-state index in [0.29, 0.717) is 5.41 Å². The van der Waals surface area contributed by atoms with Crippen LogP contribution >= 0.6 is 0 Å². The van der Waals surface area contributed by atoms with Crippen molar-refractivity contribution in [3.8, 4) is 0 Å². The van der Waals surface area contributed by atoms with Crippen molar-refractivity contribution >= 4 is 11.4 Å². The van der Waals surface area contributed by atoms with Gasteiger partial charge in [-0.2, -0.15) is 0 Å². The molecule has 1 aromatic rings. The molecule has 1 aliphatic carbocycles. The van der Waals surface area contributed by atoms with Gasteiger partial charge >= 0.3 is 0 Å². The lowest BCUT2D eigenvalue weighted by Gasteiger charge is -2.31. The van der Waals surface area contributed by atoms with Crippen LogP contribution in [0.25, 0.3) is 0 Å². The van der Waals surface area contributed by atoms with Crippen molar-refractivity contribution in [3.05, 3.63) is 18.5 Å². The zero-order chi connectivity index (χ0) is 15.1. The van der Waals surface area contributed by atoms with Gasteiger partial charge in [0.05, 0.1) is 23.8 Å². The van der Waals surface area contributed by atoms with Gasteiger partial charge < -0.3 is 10.6 Å². The maximum absolute atomic E-state index is 4.34. The van der Waals surface area contributed by atoms with Crippen LogP contribution in [0.4, 0.5) is 11.4 Å². The number of anilines is 2. The van der Waals surface area contributed by atoms with Gasteiger partial charge in [0, 0.05) is 13.1 Å². The Morgan fingerprint density at radius 3 is 2.43 bits per heavy atom. The van der Waals surface area contributed by atoms with Gasteiger partial charge in [0.1, 0.15) is 0 Å². The largest absolute Gasteiger partial charge is 0.384 e. The third kappa shape index (κ3) is 4.90. The molecule has 0 spiro atoms. The standard InChI is InChI=1S/C18H31N3/c1-4-9-20-16-10-17(13-19-12-16)21-14-18(11-15(2)3)7-5-6-8-18/h10,12-13,15,20-21H,4-9,11,14H2,1-3H3. The Morgan fingerprint density at radius 2 is 1.81 bits per heavy atom. The number of nitrogens with zero attached hydrogens (tertiary/aromatic N) is 1. The van der Waals surface area contributed by atoms with Crippen LogP contribution in [0.1, 0.15) is 59.3 Å². The molecule has 1 aliphatic rings. The first-order valence-electron chi connectivity index (χ1n) is 8.56. The molecule has 21 heavy (non-hydrogen) atoms. The molecule has 0 amide bonds. The minimum absolute atomic E-state index is 0.501. The topological polar surface area (TPSA) is 37.0 Å². The smallest absolute Gasteiger partial charge is 0.0547 e. The molecule has 2 N–H and O–H groups in total. The number of pyridine rings is 1. The van der Waals surface area contributed by atoms with Gasteiger partial charge in [-0.25, -0.2) is 0 Å². The summed E-state index contributed by atoms with van der Waals surface area (Å²) >= 11 is 0. The van der Waals surface area contributed by atoms with Gasteiger partial charge in [-0.05, 0) is 43.1 Å². The van der Waals surface area contributed by atoms with E-state index in [9.17, 15) is 0 Å². The summed E-state index contributed by atoms with van der Waals surface area (Å²) in [4.78, 5) is 4.34. The van der Waals surface area contributed by atoms with Gasteiger partial charge in [0.25, 0.3) is 0 Å². The molecule has 0 saturated heterocycles. The van der Waals surface area contributed by atoms with E-state index in [-0.39, 0.29) is 0 Å². The summed E-state index contributed by atoms with van der Waals surface area (Å²) in [5.41, 5.74) is 2.76. The van der Waals surface area contributed by atoms with Crippen molar-refractivity contribution in [1.82, 2.24) is 4.98 Å². The highest BCUT2D eigenvalue weighted by Gasteiger charge is 2.34. The predicted octanol–water partition coefficient (Wildman–Crippen LogP) is 4.92. The molecule has 0 aliphatic heterocycles. The third-order valence-corrected chi connectivity index (χ3v) is 4.49. The van der Waals surface area contributed by atoms with Crippen molar-refractivity contribution in [2.24, 2.45) is 11.3 Å². The molecule has 1 heterocycles. The maximum atomic E-state index is 4.34. The quantitative estimate of drug-likeness (QED) is 0.713. The Kier molecular flexibility index (Phi) is 5.89. The fourth-order valence-electron chi connectivity index (χ4n) is 3.64. The first-order valence-corrected chi connectivity index (χ1v) is 8.56. The van der Waals surface area contributed by atoms with Gasteiger partial charge in [-0.1, -0.05) is 33.6 Å². The molecule has 0 bridgehead atoms. The van der Waals surface area contributed by atoms with Crippen molar-refractivity contribution in [2.75, 3.05) is 23.7 Å². The first kappa shape index (κ1) is 16.1. The summed E-state index contributed by atoms with van der Waals surface area (Å²) in [6, 6.07) is 2.18. The predicted molar refractivity (Wildman–Crippen MR) is 91.9 cm³/mol. The SMILES string of the molecule is CCCNc1cncc(NCC2(CC(C)C)CCCC2)c1. The van der Waals surface area contributed by atoms with E-state index >= 15 is 0 Å². The van der Waals surface area contributed by atoms with Crippen LogP contribution in [0.5, 0.6) is 0 Å².